The molecule has 0 saturated carbocycles. The van der Waals surface area contributed by atoms with E-state index in [1.165, 1.54) is 19.8 Å². The summed E-state index contributed by atoms with van der Waals surface area (Å²) in [5.41, 5.74) is 3.45. The number of carbonyl (C=O) groups is 3. The van der Waals surface area contributed by atoms with Crippen molar-refractivity contribution < 1.29 is 48.3 Å². The first-order valence-corrected chi connectivity index (χ1v) is 20.9. The second kappa shape index (κ2) is 26.9. The predicted octanol–water partition coefficient (Wildman–Crippen LogP) is 6.24. The molecule has 14 heteroatoms. The fourth-order valence-corrected chi connectivity index (χ4v) is 6.41. The van der Waals surface area contributed by atoms with E-state index in [0.29, 0.717) is 77.2 Å². The molecule has 0 aliphatic rings. The van der Waals surface area contributed by atoms with Crippen molar-refractivity contribution in [2.24, 2.45) is 0 Å². The number of aromatic nitrogens is 1. The number of hydrogen-bond donors (Lipinski definition) is 5. The van der Waals surface area contributed by atoms with Gasteiger partial charge in [-0.3, -0.25) is 14.4 Å². The van der Waals surface area contributed by atoms with Crippen molar-refractivity contribution in [1.29, 1.82) is 0 Å². The van der Waals surface area contributed by atoms with Crippen LogP contribution in [0.15, 0.2) is 79.0 Å². The monoisotopic (exact) mass is 830 g/mol. The molecule has 3 aromatic carbocycles. The number of carboxylic acid groups (broad SMARTS) is 1. The lowest BCUT2D eigenvalue weighted by atomic mass is 9.95. The van der Waals surface area contributed by atoms with Gasteiger partial charge in [0.05, 0.1) is 64.8 Å². The van der Waals surface area contributed by atoms with Gasteiger partial charge in [0.2, 0.25) is 11.8 Å². The van der Waals surface area contributed by atoms with E-state index < -0.39 is 42.4 Å². The van der Waals surface area contributed by atoms with E-state index in [4.69, 9.17) is 23.7 Å². The van der Waals surface area contributed by atoms with Gasteiger partial charge in [-0.25, -0.2) is 4.98 Å². The number of ether oxygens (including phenoxy) is 5. The maximum atomic E-state index is 13.4. The number of carboxylic acids is 1. The average molecular weight is 831 g/mol. The summed E-state index contributed by atoms with van der Waals surface area (Å²) in [7, 11) is 0. The Hall–Kier alpha value is -5.12. The van der Waals surface area contributed by atoms with Gasteiger partial charge in [0, 0.05) is 31.2 Å². The predicted molar refractivity (Wildman–Crippen MR) is 231 cm³/mol. The van der Waals surface area contributed by atoms with E-state index in [1.807, 2.05) is 67.6 Å². The SMILES string of the molecule is CCCCCOCCOCCOCCOCCOc1ccc(-c2ccc([C@H](CC(=O)O)NC(=O)[C@@H](NC(=O)CCCNc3cc(C)ccn3)[C@@H](C)O)cc2)c2ccccc12. The molecule has 0 fully saturated rings. The molecule has 326 valence electrons. The van der Waals surface area contributed by atoms with Crippen LogP contribution in [0.25, 0.3) is 21.9 Å². The smallest absolute Gasteiger partial charge is 0.305 e. The van der Waals surface area contributed by atoms with Gasteiger partial charge in [-0.05, 0) is 72.5 Å². The Morgan fingerprint density at radius 3 is 2.03 bits per heavy atom. The van der Waals surface area contributed by atoms with Crippen molar-refractivity contribution in [1.82, 2.24) is 15.6 Å². The van der Waals surface area contributed by atoms with Crippen LogP contribution in [-0.4, -0.2) is 111 Å². The van der Waals surface area contributed by atoms with E-state index in [9.17, 15) is 24.6 Å². The molecular weight excluding hydrogens is 769 g/mol. The van der Waals surface area contributed by atoms with E-state index >= 15 is 0 Å². The van der Waals surface area contributed by atoms with Gasteiger partial charge in [-0.15, -0.1) is 0 Å². The van der Waals surface area contributed by atoms with Gasteiger partial charge in [0.1, 0.15) is 24.2 Å². The summed E-state index contributed by atoms with van der Waals surface area (Å²) in [6, 6.07) is 20.7. The number of anilines is 1. The molecule has 1 aromatic heterocycles. The van der Waals surface area contributed by atoms with Crippen LogP contribution in [0.3, 0.4) is 0 Å². The first-order valence-electron chi connectivity index (χ1n) is 20.9. The van der Waals surface area contributed by atoms with Crippen LogP contribution in [0.5, 0.6) is 5.75 Å². The highest BCUT2D eigenvalue weighted by atomic mass is 16.6. The maximum Gasteiger partial charge on any atom is 0.305 e. The van der Waals surface area contributed by atoms with Crippen LogP contribution >= 0.6 is 0 Å². The zero-order chi connectivity index (χ0) is 43.0. The molecule has 0 radical (unpaired) electrons. The number of aliphatic hydroxyl groups is 1. The Balaban J connectivity index is 1.25. The van der Waals surface area contributed by atoms with E-state index in [2.05, 4.69) is 27.9 Å². The van der Waals surface area contributed by atoms with Crippen LogP contribution in [0.1, 0.15) is 69.5 Å². The topological polar surface area (TPSA) is 187 Å². The molecule has 5 N–H and O–H groups in total. The third kappa shape index (κ3) is 16.9. The minimum Gasteiger partial charge on any atom is -0.491 e. The molecule has 0 saturated heterocycles. The Morgan fingerprint density at radius 2 is 1.40 bits per heavy atom. The molecule has 0 aliphatic heterocycles. The fourth-order valence-electron chi connectivity index (χ4n) is 6.41. The average Bonchev–Trinajstić information content (AvgIpc) is 3.23. The molecule has 1 heterocycles. The number of aliphatic hydroxyl groups excluding tert-OH is 1. The molecular formula is C46H62N4O10. The summed E-state index contributed by atoms with van der Waals surface area (Å²) < 4.78 is 28.4. The number of aryl methyl sites for hydroxylation is 1. The standard InChI is InChI=1S/C46H62N4O10/c1-4-5-8-22-56-23-24-57-25-26-58-27-28-59-29-30-60-41-18-17-37(38-10-6-7-11-39(38)41)35-13-15-36(16-14-35)40(32-44(53)54)49-46(55)45(34(3)51)50-43(52)12-9-20-47-42-31-33(2)19-21-48-42/h6-7,10-11,13-19,21,31,34,40,45,51H,4-5,8-9,12,20,22-30,32H2,1-3H3,(H,47,48)(H,49,55)(H,50,52)(H,53,54)/t34-,40+,45+/m1/s1. The summed E-state index contributed by atoms with van der Waals surface area (Å²) in [6.07, 6.45) is 4.10. The molecule has 0 aliphatic carbocycles. The Bertz CT molecular complexity index is 1890. The first kappa shape index (κ1) is 47.6. The number of carbonyl (C=O) groups excluding carboxylic acids is 2. The molecule has 2 amide bonds. The van der Waals surface area contributed by atoms with Crippen LogP contribution < -0.4 is 20.7 Å². The molecule has 0 spiro atoms. The third-order valence-electron chi connectivity index (χ3n) is 9.58. The van der Waals surface area contributed by atoms with Crippen molar-refractivity contribution in [3.8, 4) is 16.9 Å². The number of aliphatic carboxylic acids is 1. The number of amides is 2. The van der Waals surface area contributed by atoms with Crippen molar-refractivity contribution in [3.05, 3.63) is 90.1 Å². The summed E-state index contributed by atoms with van der Waals surface area (Å²) in [5.74, 6) is -0.800. The Labute approximate surface area is 353 Å². The number of nitrogens with one attached hydrogen (secondary N) is 3. The molecule has 4 rings (SSSR count). The number of pyridine rings is 1. The van der Waals surface area contributed by atoms with Crippen LogP contribution in [0, 0.1) is 6.92 Å². The van der Waals surface area contributed by atoms with Crippen LogP contribution in [0.2, 0.25) is 0 Å². The zero-order valence-electron chi connectivity index (χ0n) is 35.2. The van der Waals surface area contributed by atoms with Crippen LogP contribution in [0.4, 0.5) is 5.82 Å². The summed E-state index contributed by atoms with van der Waals surface area (Å²) in [5, 5.41) is 30.5. The van der Waals surface area contributed by atoms with Gasteiger partial charge >= 0.3 is 5.97 Å². The molecule has 0 unspecified atom stereocenters. The second-order valence-electron chi connectivity index (χ2n) is 14.5. The van der Waals surface area contributed by atoms with Gasteiger partial charge in [-0.1, -0.05) is 74.4 Å². The van der Waals surface area contributed by atoms with Crippen molar-refractivity contribution in [3.63, 3.8) is 0 Å². The highest BCUT2D eigenvalue weighted by Gasteiger charge is 2.29. The van der Waals surface area contributed by atoms with E-state index in [-0.39, 0.29) is 6.42 Å². The van der Waals surface area contributed by atoms with E-state index in [1.54, 1.807) is 18.3 Å². The molecule has 4 aromatic rings. The number of unbranched alkanes of at least 4 members (excludes halogenated alkanes) is 2. The van der Waals surface area contributed by atoms with Gasteiger partial charge < -0.3 is 49.8 Å². The number of rotatable bonds is 30. The molecule has 3 atom stereocenters. The Morgan fingerprint density at radius 1 is 0.750 bits per heavy atom. The lowest BCUT2D eigenvalue weighted by Gasteiger charge is -2.25. The largest absolute Gasteiger partial charge is 0.491 e. The van der Waals surface area contributed by atoms with Gasteiger partial charge in [0.25, 0.3) is 0 Å². The fraction of sp³-hybridized carbons (Fsp3) is 0.478. The van der Waals surface area contributed by atoms with Crippen molar-refractivity contribution in [2.75, 3.05) is 71.3 Å². The van der Waals surface area contributed by atoms with Crippen molar-refractivity contribution in [2.45, 2.75) is 77.5 Å². The normalized spacial score (nSPS) is 12.7. The third-order valence-corrected chi connectivity index (χ3v) is 9.58. The molecule has 14 nitrogen and oxygen atoms in total. The first-order chi connectivity index (χ1) is 29.2. The van der Waals surface area contributed by atoms with Gasteiger partial charge in [-0.2, -0.15) is 0 Å². The molecule has 60 heavy (non-hydrogen) atoms. The summed E-state index contributed by atoms with van der Waals surface area (Å²) in [4.78, 5) is 42.3. The Kier molecular flexibility index (Phi) is 21.3. The lowest BCUT2D eigenvalue weighted by molar-refractivity contribution is -0.138. The number of benzene rings is 3. The number of fused-ring (bicyclic) bond motifs is 1. The highest BCUT2D eigenvalue weighted by Crippen LogP contribution is 2.35. The molecule has 0 bridgehead atoms. The van der Waals surface area contributed by atoms with Gasteiger partial charge in [0.15, 0.2) is 0 Å². The van der Waals surface area contributed by atoms with E-state index in [0.717, 1.165) is 46.2 Å². The summed E-state index contributed by atoms with van der Waals surface area (Å²) >= 11 is 0. The number of nitrogens with zero attached hydrogens (tertiary/aromatic N) is 1. The lowest BCUT2D eigenvalue weighted by Crippen LogP contribution is -2.53. The second-order valence-corrected chi connectivity index (χ2v) is 14.5. The minimum atomic E-state index is -1.28. The maximum absolute atomic E-state index is 13.4. The summed E-state index contributed by atoms with van der Waals surface area (Å²) in [6.45, 7) is 10.6. The number of hydrogen-bond acceptors (Lipinski definition) is 11. The zero-order valence-corrected chi connectivity index (χ0v) is 35.2. The minimum absolute atomic E-state index is 0.106. The van der Waals surface area contributed by atoms with Crippen molar-refractivity contribution >= 4 is 34.4 Å². The highest BCUT2D eigenvalue weighted by molar-refractivity contribution is 6.00. The quantitative estimate of drug-likeness (QED) is 0.0374. The van der Waals surface area contributed by atoms with Crippen LogP contribution in [-0.2, 0) is 33.3 Å².